The van der Waals surface area contributed by atoms with Gasteiger partial charge in [-0.15, -0.1) is 0 Å². The number of anilines is 1. The predicted molar refractivity (Wildman–Crippen MR) is 87.8 cm³/mol. The van der Waals surface area contributed by atoms with Gasteiger partial charge in [-0.1, -0.05) is 0 Å². The van der Waals surface area contributed by atoms with E-state index < -0.39 is 17.9 Å². The molecule has 0 N–H and O–H groups in total. The molecular weight excluding hydrogens is 310 g/mol. The van der Waals surface area contributed by atoms with E-state index in [-0.39, 0.29) is 12.5 Å². The molecule has 3 rings (SSSR count). The molecule has 0 bridgehead atoms. The molecule has 0 saturated carbocycles. The van der Waals surface area contributed by atoms with Crippen LogP contribution in [0.4, 0.5) is 10.6 Å². The van der Waals surface area contributed by atoms with Gasteiger partial charge >= 0.3 is 6.09 Å². The van der Waals surface area contributed by atoms with E-state index in [1.165, 1.54) is 0 Å². The standard InChI is InChI=1S/C17H23N3O4/c1-17(2,3)24-16(22)19-10-5-4-8-13(19)20-14(21)11-23-12-7-6-9-18-15(12)20/h6-7,9,13H,4-5,8,10-11H2,1-3H3. The molecule has 2 aliphatic heterocycles. The van der Waals surface area contributed by atoms with Crippen molar-refractivity contribution < 1.29 is 19.1 Å². The third-order valence-electron chi connectivity index (χ3n) is 4.00. The number of pyridine rings is 1. The zero-order valence-corrected chi connectivity index (χ0v) is 14.3. The summed E-state index contributed by atoms with van der Waals surface area (Å²) in [6.07, 6.45) is 3.36. The molecule has 1 aromatic heterocycles. The molecule has 1 aromatic rings. The van der Waals surface area contributed by atoms with Crippen molar-refractivity contribution in [2.24, 2.45) is 0 Å². The molecule has 2 amide bonds. The first-order chi connectivity index (χ1) is 11.4. The zero-order valence-electron chi connectivity index (χ0n) is 14.3. The molecule has 2 aliphatic rings. The summed E-state index contributed by atoms with van der Waals surface area (Å²) in [5.41, 5.74) is -0.579. The summed E-state index contributed by atoms with van der Waals surface area (Å²) in [6, 6.07) is 3.54. The van der Waals surface area contributed by atoms with Crippen LogP contribution >= 0.6 is 0 Å². The molecule has 7 nitrogen and oxygen atoms in total. The van der Waals surface area contributed by atoms with E-state index in [0.29, 0.717) is 24.5 Å². The molecule has 1 saturated heterocycles. The zero-order chi connectivity index (χ0) is 17.3. The fraction of sp³-hybridized carbons (Fsp3) is 0.588. The summed E-state index contributed by atoms with van der Waals surface area (Å²) < 4.78 is 11.0. The molecule has 1 fully saturated rings. The normalized spacial score (nSPS) is 21.1. The van der Waals surface area contributed by atoms with Gasteiger partial charge in [-0.25, -0.2) is 9.78 Å². The number of rotatable bonds is 1. The molecule has 0 radical (unpaired) electrons. The Morgan fingerprint density at radius 3 is 2.92 bits per heavy atom. The number of hydrogen-bond donors (Lipinski definition) is 0. The SMILES string of the molecule is CC(C)(C)OC(=O)N1CCCCC1N1C(=O)COc2cccnc21. The van der Waals surface area contributed by atoms with Gasteiger partial charge < -0.3 is 9.47 Å². The first-order valence-corrected chi connectivity index (χ1v) is 8.26. The van der Waals surface area contributed by atoms with Gasteiger partial charge in [-0.3, -0.25) is 14.6 Å². The van der Waals surface area contributed by atoms with Crippen molar-refractivity contribution >= 4 is 17.8 Å². The Labute approximate surface area is 141 Å². The van der Waals surface area contributed by atoms with E-state index in [1.807, 2.05) is 20.8 Å². The summed E-state index contributed by atoms with van der Waals surface area (Å²) in [5.74, 6) is 0.836. The minimum absolute atomic E-state index is 0.0443. The van der Waals surface area contributed by atoms with Crippen molar-refractivity contribution in [2.75, 3.05) is 18.1 Å². The number of carbonyl (C=O) groups is 2. The molecule has 0 spiro atoms. The largest absolute Gasteiger partial charge is 0.480 e. The van der Waals surface area contributed by atoms with Crippen molar-refractivity contribution in [3.05, 3.63) is 18.3 Å². The van der Waals surface area contributed by atoms with Crippen molar-refractivity contribution in [3.63, 3.8) is 0 Å². The van der Waals surface area contributed by atoms with Crippen LogP contribution in [0.25, 0.3) is 0 Å². The van der Waals surface area contributed by atoms with E-state index in [1.54, 1.807) is 28.1 Å². The van der Waals surface area contributed by atoms with Gasteiger partial charge in [-0.05, 0) is 52.2 Å². The molecular formula is C17H23N3O4. The van der Waals surface area contributed by atoms with E-state index in [4.69, 9.17) is 9.47 Å². The number of aromatic nitrogens is 1. The highest BCUT2D eigenvalue weighted by Gasteiger charge is 2.40. The Balaban J connectivity index is 1.90. The number of carbonyl (C=O) groups excluding carboxylic acids is 2. The molecule has 130 valence electrons. The highest BCUT2D eigenvalue weighted by Crippen LogP contribution is 2.34. The fourth-order valence-electron chi connectivity index (χ4n) is 3.03. The molecule has 1 unspecified atom stereocenters. The third-order valence-corrected chi connectivity index (χ3v) is 4.00. The molecule has 0 aliphatic carbocycles. The van der Waals surface area contributed by atoms with Gasteiger partial charge in [0.05, 0.1) is 0 Å². The number of nitrogens with zero attached hydrogens (tertiary/aromatic N) is 3. The van der Waals surface area contributed by atoms with Gasteiger partial charge in [0.1, 0.15) is 11.8 Å². The van der Waals surface area contributed by atoms with Gasteiger partial charge in [0.2, 0.25) is 0 Å². The third kappa shape index (κ3) is 3.29. The van der Waals surface area contributed by atoms with Crippen LogP contribution in [0.3, 0.4) is 0 Å². The van der Waals surface area contributed by atoms with Gasteiger partial charge in [0.25, 0.3) is 5.91 Å². The number of fused-ring (bicyclic) bond motifs is 1. The number of piperidine rings is 1. The van der Waals surface area contributed by atoms with Crippen LogP contribution in [0.2, 0.25) is 0 Å². The monoisotopic (exact) mass is 333 g/mol. The van der Waals surface area contributed by atoms with E-state index in [0.717, 1.165) is 12.8 Å². The summed E-state index contributed by atoms with van der Waals surface area (Å²) in [6.45, 7) is 6.02. The minimum Gasteiger partial charge on any atom is -0.480 e. The maximum atomic E-state index is 12.6. The van der Waals surface area contributed by atoms with E-state index in [9.17, 15) is 9.59 Å². The van der Waals surface area contributed by atoms with Crippen LogP contribution in [-0.4, -0.2) is 46.8 Å². The van der Waals surface area contributed by atoms with E-state index in [2.05, 4.69) is 4.98 Å². The maximum Gasteiger partial charge on any atom is 0.411 e. The fourth-order valence-corrected chi connectivity index (χ4v) is 3.03. The highest BCUT2D eigenvalue weighted by molar-refractivity contribution is 5.97. The second kappa shape index (κ2) is 6.30. The first kappa shape index (κ1) is 16.5. The first-order valence-electron chi connectivity index (χ1n) is 8.26. The van der Waals surface area contributed by atoms with Gasteiger partial charge in [0.15, 0.2) is 18.2 Å². The highest BCUT2D eigenvalue weighted by atomic mass is 16.6. The quantitative estimate of drug-likeness (QED) is 0.790. The molecule has 24 heavy (non-hydrogen) atoms. The van der Waals surface area contributed by atoms with Crippen LogP contribution in [0, 0.1) is 0 Å². The number of likely N-dealkylation sites (tertiary alicyclic amines) is 1. The topological polar surface area (TPSA) is 72.0 Å². The summed E-state index contributed by atoms with van der Waals surface area (Å²) >= 11 is 0. The van der Waals surface area contributed by atoms with Gasteiger partial charge in [-0.2, -0.15) is 0 Å². The smallest absolute Gasteiger partial charge is 0.411 e. The van der Waals surface area contributed by atoms with Crippen molar-refractivity contribution in [1.82, 2.24) is 9.88 Å². The second-order valence-corrected chi connectivity index (χ2v) is 7.03. The average Bonchev–Trinajstić information content (AvgIpc) is 2.53. The van der Waals surface area contributed by atoms with Crippen molar-refractivity contribution in [1.29, 1.82) is 0 Å². The van der Waals surface area contributed by atoms with Gasteiger partial charge in [0, 0.05) is 12.7 Å². The van der Waals surface area contributed by atoms with Crippen LogP contribution in [-0.2, 0) is 9.53 Å². The maximum absolute atomic E-state index is 12.6. The molecule has 1 atom stereocenters. The summed E-state index contributed by atoms with van der Waals surface area (Å²) in [5, 5.41) is 0. The lowest BCUT2D eigenvalue weighted by Crippen LogP contribution is -2.58. The lowest BCUT2D eigenvalue weighted by Gasteiger charge is -2.43. The minimum atomic E-state index is -0.579. The Bertz CT molecular complexity index is 641. The molecule has 0 aromatic carbocycles. The Morgan fingerprint density at radius 1 is 1.38 bits per heavy atom. The van der Waals surface area contributed by atoms with Crippen molar-refractivity contribution in [3.8, 4) is 5.75 Å². The average molecular weight is 333 g/mol. The van der Waals surface area contributed by atoms with Crippen LogP contribution in [0.15, 0.2) is 18.3 Å². The van der Waals surface area contributed by atoms with Crippen LogP contribution in [0.1, 0.15) is 40.0 Å². The Kier molecular flexibility index (Phi) is 4.34. The summed E-state index contributed by atoms with van der Waals surface area (Å²) in [4.78, 5) is 32.6. The Morgan fingerprint density at radius 2 is 2.17 bits per heavy atom. The number of hydrogen-bond acceptors (Lipinski definition) is 5. The molecule has 7 heteroatoms. The Hall–Kier alpha value is -2.31. The number of ether oxygens (including phenoxy) is 2. The predicted octanol–water partition coefficient (Wildman–Crippen LogP) is 2.55. The number of amides is 2. The molecule has 3 heterocycles. The van der Waals surface area contributed by atoms with Crippen molar-refractivity contribution in [2.45, 2.75) is 51.8 Å². The van der Waals surface area contributed by atoms with E-state index >= 15 is 0 Å². The lowest BCUT2D eigenvalue weighted by molar-refractivity contribution is -0.123. The lowest BCUT2D eigenvalue weighted by atomic mass is 10.1. The van der Waals surface area contributed by atoms with Crippen LogP contribution in [0.5, 0.6) is 5.75 Å². The van der Waals surface area contributed by atoms with Crippen LogP contribution < -0.4 is 9.64 Å². The second-order valence-electron chi connectivity index (χ2n) is 7.03. The summed E-state index contributed by atoms with van der Waals surface area (Å²) in [7, 11) is 0.